The van der Waals surface area contributed by atoms with Gasteiger partial charge in [-0.3, -0.25) is 14.4 Å². The van der Waals surface area contributed by atoms with Crippen LogP contribution in [-0.2, 0) is 20.8 Å². The predicted molar refractivity (Wildman–Crippen MR) is 222 cm³/mol. The van der Waals surface area contributed by atoms with Crippen LogP contribution in [0.5, 0.6) is 0 Å². The average Bonchev–Trinajstić information content (AvgIpc) is 3.56. The molecular weight excluding hydrogens is 685 g/mol. The van der Waals surface area contributed by atoms with Crippen LogP contribution in [0.4, 0.5) is 17.1 Å². The minimum Gasteiger partial charge on any atom is -0.384 e. The summed E-state index contributed by atoms with van der Waals surface area (Å²) in [5.74, 6) is -0.544. The van der Waals surface area contributed by atoms with Gasteiger partial charge in [-0.15, -0.1) is 0 Å². The van der Waals surface area contributed by atoms with E-state index in [0.29, 0.717) is 44.6 Å². The molecule has 3 amide bonds. The topological polar surface area (TPSA) is 108 Å². The van der Waals surface area contributed by atoms with Crippen molar-refractivity contribution in [3.05, 3.63) is 139 Å². The minimum atomic E-state index is -0.335. The second kappa shape index (κ2) is 16.2. The molecule has 1 aliphatic rings. The normalized spacial score (nSPS) is 12.7. The summed E-state index contributed by atoms with van der Waals surface area (Å²) in [4.78, 5) is 50.9. The van der Waals surface area contributed by atoms with Crippen LogP contribution in [-0.4, -0.2) is 58.8 Å². The van der Waals surface area contributed by atoms with Gasteiger partial charge in [0.25, 0.3) is 11.8 Å². The van der Waals surface area contributed by atoms with E-state index in [-0.39, 0.29) is 17.7 Å². The van der Waals surface area contributed by atoms with Crippen molar-refractivity contribution in [2.24, 2.45) is 0 Å². The maximum Gasteiger partial charge on any atom is 0.258 e. The first-order valence-electron chi connectivity index (χ1n) is 19.0. The molecule has 0 bridgehead atoms. The molecule has 0 radical (unpaired) electrons. The van der Waals surface area contributed by atoms with E-state index in [1.165, 1.54) is 12.2 Å². The number of nitrogens with zero attached hydrogens (tertiary/aromatic N) is 4. The van der Waals surface area contributed by atoms with Gasteiger partial charge in [-0.2, -0.15) is 0 Å². The molecule has 0 unspecified atom stereocenters. The smallest absolute Gasteiger partial charge is 0.258 e. The van der Waals surface area contributed by atoms with E-state index in [1.54, 1.807) is 12.1 Å². The third-order valence-corrected chi connectivity index (χ3v) is 10.2. The van der Waals surface area contributed by atoms with Crippen molar-refractivity contribution in [1.82, 2.24) is 14.9 Å². The van der Waals surface area contributed by atoms with Crippen LogP contribution < -0.4 is 15.5 Å². The SMILES string of the molecule is O=C(CCCc1ccc(N2C(=O)C=CC2=O)cc1)N(CCCCNc1c2ccccc2nc2ccccc12)CCNc1c2ccccc2nc2ccccc12. The number of aryl methyl sites for hydroxylation is 1. The number of carbonyl (C=O) groups is 3. The summed E-state index contributed by atoms with van der Waals surface area (Å²) < 4.78 is 0. The van der Waals surface area contributed by atoms with Crippen LogP contribution in [0.3, 0.4) is 0 Å². The monoisotopic (exact) mass is 726 g/mol. The number of para-hydroxylation sites is 4. The zero-order valence-corrected chi connectivity index (χ0v) is 30.6. The van der Waals surface area contributed by atoms with Crippen molar-refractivity contribution in [2.75, 3.05) is 41.7 Å². The number of imide groups is 1. The summed E-state index contributed by atoms with van der Waals surface area (Å²) >= 11 is 0. The zero-order chi connectivity index (χ0) is 37.6. The van der Waals surface area contributed by atoms with Gasteiger partial charge in [0.15, 0.2) is 0 Å². The molecule has 3 heterocycles. The highest BCUT2D eigenvalue weighted by Gasteiger charge is 2.25. The van der Waals surface area contributed by atoms with Gasteiger partial charge in [-0.25, -0.2) is 14.9 Å². The number of aromatic nitrogens is 2. The van der Waals surface area contributed by atoms with E-state index >= 15 is 0 Å². The first kappa shape index (κ1) is 35.4. The predicted octanol–water partition coefficient (Wildman–Crippen LogP) is 8.67. The number of fused-ring (bicyclic) bond motifs is 4. The lowest BCUT2D eigenvalue weighted by Gasteiger charge is -2.24. The van der Waals surface area contributed by atoms with E-state index < -0.39 is 0 Å². The molecule has 8 rings (SSSR count). The van der Waals surface area contributed by atoms with Gasteiger partial charge in [0.1, 0.15) is 0 Å². The Hall–Kier alpha value is -6.61. The number of hydrogen-bond donors (Lipinski definition) is 2. The summed E-state index contributed by atoms with van der Waals surface area (Å²) in [6.07, 6.45) is 6.14. The number of rotatable bonds is 15. The van der Waals surface area contributed by atoms with E-state index in [4.69, 9.17) is 9.97 Å². The van der Waals surface area contributed by atoms with E-state index in [2.05, 4.69) is 34.9 Å². The summed E-state index contributed by atoms with van der Waals surface area (Å²) in [5.41, 5.74) is 7.53. The first-order chi connectivity index (χ1) is 27.0. The van der Waals surface area contributed by atoms with Crippen LogP contribution in [0.15, 0.2) is 133 Å². The van der Waals surface area contributed by atoms with Crippen LogP contribution in [0.25, 0.3) is 43.6 Å². The van der Waals surface area contributed by atoms with E-state index in [1.807, 2.05) is 89.8 Å². The molecule has 9 nitrogen and oxygen atoms in total. The second-order valence-electron chi connectivity index (χ2n) is 13.8. The van der Waals surface area contributed by atoms with Crippen molar-refractivity contribution in [2.45, 2.75) is 32.1 Å². The molecule has 274 valence electrons. The Labute approximate surface area is 319 Å². The molecule has 9 heteroatoms. The number of pyridine rings is 2. The maximum absolute atomic E-state index is 13.9. The van der Waals surface area contributed by atoms with E-state index in [0.717, 1.165) is 84.8 Å². The number of unbranched alkanes of at least 4 members (excludes halogenated alkanes) is 1. The van der Waals surface area contributed by atoms with Crippen molar-refractivity contribution >= 4 is 78.4 Å². The van der Waals surface area contributed by atoms with E-state index in [9.17, 15) is 14.4 Å². The van der Waals surface area contributed by atoms with Crippen LogP contribution in [0.1, 0.15) is 31.2 Å². The van der Waals surface area contributed by atoms with Crippen molar-refractivity contribution < 1.29 is 14.4 Å². The summed E-state index contributed by atoms with van der Waals surface area (Å²) in [6.45, 7) is 2.59. The molecule has 2 aromatic heterocycles. The zero-order valence-electron chi connectivity index (χ0n) is 30.6. The Morgan fingerprint density at radius 3 is 1.53 bits per heavy atom. The number of benzene rings is 5. The molecule has 7 aromatic rings. The molecule has 1 aliphatic heterocycles. The van der Waals surface area contributed by atoms with Crippen LogP contribution in [0.2, 0.25) is 0 Å². The molecule has 0 atom stereocenters. The lowest BCUT2D eigenvalue weighted by molar-refractivity contribution is -0.131. The number of anilines is 3. The van der Waals surface area contributed by atoms with Crippen molar-refractivity contribution in [3.63, 3.8) is 0 Å². The molecule has 5 aromatic carbocycles. The molecule has 0 saturated carbocycles. The minimum absolute atomic E-state index is 0.126. The Balaban J connectivity index is 0.925. The number of nitrogens with one attached hydrogen (secondary N) is 2. The summed E-state index contributed by atoms with van der Waals surface area (Å²) in [7, 11) is 0. The summed E-state index contributed by atoms with van der Waals surface area (Å²) in [6, 6.07) is 40.2. The van der Waals surface area contributed by atoms with Crippen LogP contribution in [0, 0.1) is 0 Å². The number of hydrogen-bond acceptors (Lipinski definition) is 7. The van der Waals surface area contributed by atoms with Gasteiger partial charge in [-0.1, -0.05) is 84.9 Å². The highest BCUT2D eigenvalue weighted by Crippen LogP contribution is 2.32. The van der Waals surface area contributed by atoms with Gasteiger partial charge >= 0.3 is 0 Å². The first-order valence-corrected chi connectivity index (χ1v) is 19.0. The lowest BCUT2D eigenvalue weighted by atomic mass is 10.1. The maximum atomic E-state index is 13.9. The molecule has 0 aliphatic carbocycles. The Bertz CT molecular complexity index is 2440. The van der Waals surface area contributed by atoms with Gasteiger partial charge in [0.05, 0.1) is 39.1 Å². The summed E-state index contributed by atoms with van der Waals surface area (Å²) in [5, 5.41) is 11.7. The standard InChI is InChI=1S/C46H42N6O3/c53-42(21-11-12-32-22-24-33(25-23-32)52-43(54)26-27-44(52)55)51(31-29-48-46-36-15-3-7-19-40(36)50-41-20-8-4-16-37(41)46)30-10-9-28-47-45-34-13-1-5-17-38(34)49-39-18-6-2-14-35(39)45/h1-8,13-20,22-27H,9-12,21,28-31H2,(H,47,49)(H,48,50). The Kier molecular flexibility index (Phi) is 10.4. The molecule has 2 N–H and O–H groups in total. The third-order valence-electron chi connectivity index (χ3n) is 10.2. The molecule has 0 saturated heterocycles. The third kappa shape index (κ3) is 7.73. The number of carbonyl (C=O) groups excluding carboxylic acids is 3. The fourth-order valence-electron chi connectivity index (χ4n) is 7.45. The van der Waals surface area contributed by atoms with Gasteiger partial charge in [-0.05, 0) is 67.6 Å². The molecular formula is C46H42N6O3. The molecule has 0 fully saturated rings. The van der Waals surface area contributed by atoms with Crippen molar-refractivity contribution in [1.29, 1.82) is 0 Å². The Morgan fingerprint density at radius 1 is 0.545 bits per heavy atom. The largest absolute Gasteiger partial charge is 0.384 e. The quantitative estimate of drug-likeness (QED) is 0.0619. The highest BCUT2D eigenvalue weighted by molar-refractivity contribution is 6.28. The fourth-order valence-corrected chi connectivity index (χ4v) is 7.45. The average molecular weight is 727 g/mol. The van der Waals surface area contributed by atoms with Gasteiger partial charge in [0, 0.05) is 66.3 Å². The Morgan fingerprint density at radius 2 is 1.02 bits per heavy atom. The molecule has 55 heavy (non-hydrogen) atoms. The van der Waals surface area contributed by atoms with Crippen LogP contribution >= 0.6 is 0 Å². The molecule has 0 spiro atoms. The van der Waals surface area contributed by atoms with Crippen molar-refractivity contribution in [3.8, 4) is 0 Å². The fraction of sp³-hybridized carbons (Fsp3) is 0.196. The van der Waals surface area contributed by atoms with Gasteiger partial charge < -0.3 is 15.5 Å². The second-order valence-corrected chi connectivity index (χ2v) is 13.8. The van der Waals surface area contributed by atoms with Gasteiger partial charge in [0.2, 0.25) is 5.91 Å². The number of amides is 3. The lowest BCUT2D eigenvalue weighted by Crippen LogP contribution is -2.36. The highest BCUT2D eigenvalue weighted by atomic mass is 16.2.